The molecule has 0 spiro atoms. The van der Waals surface area contributed by atoms with Crippen molar-refractivity contribution in [3.8, 4) is 0 Å². The summed E-state index contributed by atoms with van der Waals surface area (Å²) in [5.74, 6) is -0.0466. The van der Waals surface area contributed by atoms with E-state index in [9.17, 15) is 19.8 Å². The molecule has 0 rings (SSSR count). The predicted octanol–water partition coefficient (Wildman–Crippen LogP) is 27.0. The molecule has 0 saturated heterocycles. The molecule has 2 atom stereocenters. The average Bonchev–Trinajstić information content (AvgIpc) is 3.60. The summed E-state index contributed by atoms with van der Waals surface area (Å²) < 4.78 is 5.51. The van der Waals surface area contributed by atoms with Crippen molar-refractivity contribution in [2.75, 3.05) is 13.2 Å². The number of carbonyl (C=O) groups is 2. The Bertz CT molecular complexity index is 1440. The number of nitrogens with one attached hydrogen (secondary N) is 1. The largest absolute Gasteiger partial charge is 0.466 e. The predicted molar refractivity (Wildman–Crippen MR) is 393 cm³/mol. The summed E-state index contributed by atoms with van der Waals surface area (Å²) in [4.78, 5) is 24.7. The van der Waals surface area contributed by atoms with E-state index in [4.69, 9.17) is 4.74 Å². The SMILES string of the molecule is CCCCCCCCC/C=C\CCCCCCCCCC(=O)OCCCCCCCCCCCCCC/C=C\CCCCCCCCCCCCCCCCC(=O)NC(CO)C(O)/C=C/CCCCCCCCCCCCCCCCCCCCCCCC. The minimum atomic E-state index is -0.845. The number of allylic oxidation sites excluding steroid dienone is 5. The zero-order valence-corrected chi connectivity index (χ0v) is 60.4. The van der Waals surface area contributed by atoms with Gasteiger partial charge in [0.25, 0.3) is 0 Å². The topological polar surface area (TPSA) is 95.9 Å². The van der Waals surface area contributed by atoms with E-state index >= 15 is 0 Å². The Morgan fingerprint density at radius 2 is 0.528 bits per heavy atom. The van der Waals surface area contributed by atoms with Crippen molar-refractivity contribution in [2.45, 2.75) is 469 Å². The molecule has 89 heavy (non-hydrogen) atoms. The first-order valence-corrected chi connectivity index (χ1v) is 40.8. The van der Waals surface area contributed by atoms with Crippen LogP contribution in [0.15, 0.2) is 36.5 Å². The highest BCUT2D eigenvalue weighted by Crippen LogP contribution is 2.20. The molecule has 0 aliphatic heterocycles. The van der Waals surface area contributed by atoms with Crippen LogP contribution in [-0.4, -0.2) is 47.4 Å². The molecule has 0 aromatic rings. The quantitative estimate of drug-likeness (QED) is 0.0320. The van der Waals surface area contributed by atoms with E-state index in [0.29, 0.717) is 19.4 Å². The molecule has 526 valence electrons. The first-order valence-electron chi connectivity index (χ1n) is 40.8. The molecule has 0 heterocycles. The summed E-state index contributed by atoms with van der Waals surface area (Å²) in [5.41, 5.74) is 0. The van der Waals surface area contributed by atoms with Gasteiger partial charge in [0, 0.05) is 12.8 Å². The molecule has 3 N–H and O–H groups in total. The molecule has 0 aromatic carbocycles. The summed E-state index contributed by atoms with van der Waals surface area (Å²) in [5, 5.41) is 23.3. The van der Waals surface area contributed by atoms with E-state index in [1.807, 2.05) is 6.08 Å². The number of esters is 1. The lowest BCUT2D eigenvalue weighted by Crippen LogP contribution is -2.45. The van der Waals surface area contributed by atoms with E-state index in [1.54, 1.807) is 6.08 Å². The van der Waals surface area contributed by atoms with E-state index in [1.165, 1.54) is 385 Å². The van der Waals surface area contributed by atoms with E-state index < -0.39 is 12.1 Å². The van der Waals surface area contributed by atoms with Gasteiger partial charge in [0.15, 0.2) is 0 Å². The molecule has 1 amide bonds. The van der Waals surface area contributed by atoms with E-state index in [-0.39, 0.29) is 18.5 Å². The van der Waals surface area contributed by atoms with Crippen molar-refractivity contribution < 1.29 is 24.5 Å². The fourth-order valence-corrected chi connectivity index (χ4v) is 12.9. The fraction of sp³-hybridized carbons (Fsp3) is 0.904. The molecule has 0 aliphatic rings. The number of amides is 1. The van der Waals surface area contributed by atoms with Crippen LogP contribution in [0.4, 0.5) is 0 Å². The number of unbranched alkanes of at least 4 members (excludes halogenated alkanes) is 62. The minimum absolute atomic E-state index is 0.0148. The smallest absolute Gasteiger partial charge is 0.305 e. The highest BCUT2D eigenvalue weighted by atomic mass is 16.5. The van der Waals surface area contributed by atoms with Gasteiger partial charge in [0.05, 0.1) is 25.4 Å². The van der Waals surface area contributed by atoms with Crippen LogP contribution in [0, 0.1) is 0 Å². The zero-order chi connectivity index (χ0) is 64.2. The second-order valence-electron chi connectivity index (χ2n) is 28.1. The van der Waals surface area contributed by atoms with Gasteiger partial charge in [-0.15, -0.1) is 0 Å². The molecule has 0 aliphatic carbocycles. The van der Waals surface area contributed by atoms with Crippen molar-refractivity contribution in [1.82, 2.24) is 5.32 Å². The highest BCUT2D eigenvalue weighted by molar-refractivity contribution is 5.76. The maximum atomic E-state index is 12.6. The number of rotatable bonds is 77. The molecule has 6 heteroatoms. The van der Waals surface area contributed by atoms with Crippen LogP contribution in [0.5, 0.6) is 0 Å². The lowest BCUT2D eigenvalue weighted by atomic mass is 10.0. The van der Waals surface area contributed by atoms with Gasteiger partial charge in [-0.3, -0.25) is 9.59 Å². The summed E-state index contributed by atoms with van der Waals surface area (Å²) in [7, 11) is 0. The van der Waals surface area contributed by atoms with Crippen LogP contribution >= 0.6 is 0 Å². The Balaban J connectivity index is 3.38. The first kappa shape index (κ1) is 87.1. The summed E-state index contributed by atoms with van der Waals surface area (Å²) in [6.45, 7) is 4.95. The molecule has 0 aromatic heterocycles. The van der Waals surface area contributed by atoms with Gasteiger partial charge >= 0.3 is 5.97 Å². The van der Waals surface area contributed by atoms with Gasteiger partial charge < -0.3 is 20.3 Å². The number of aliphatic hydroxyl groups excluding tert-OH is 2. The number of hydrogen-bond acceptors (Lipinski definition) is 5. The van der Waals surface area contributed by atoms with Crippen molar-refractivity contribution in [3.05, 3.63) is 36.5 Å². The molecule has 0 bridgehead atoms. The lowest BCUT2D eigenvalue weighted by Gasteiger charge is -2.20. The minimum Gasteiger partial charge on any atom is -0.466 e. The second kappa shape index (κ2) is 78.5. The fourth-order valence-electron chi connectivity index (χ4n) is 12.9. The summed E-state index contributed by atoms with van der Waals surface area (Å²) in [6.07, 6.45) is 103. The van der Waals surface area contributed by atoms with Crippen LogP contribution in [0.25, 0.3) is 0 Å². The number of aliphatic hydroxyl groups is 2. The van der Waals surface area contributed by atoms with E-state index in [2.05, 4.69) is 43.5 Å². The summed E-state index contributed by atoms with van der Waals surface area (Å²) in [6, 6.07) is -0.629. The normalized spacial score (nSPS) is 12.6. The van der Waals surface area contributed by atoms with Crippen molar-refractivity contribution >= 4 is 11.9 Å². The Kier molecular flexibility index (Phi) is 76.8. The van der Waals surface area contributed by atoms with Crippen LogP contribution in [0.3, 0.4) is 0 Å². The molecule has 0 saturated carbocycles. The van der Waals surface area contributed by atoms with Crippen LogP contribution in [0.2, 0.25) is 0 Å². The van der Waals surface area contributed by atoms with Gasteiger partial charge in [0.2, 0.25) is 5.91 Å². The highest BCUT2D eigenvalue weighted by Gasteiger charge is 2.18. The average molecular weight is 1250 g/mol. The molecule has 0 fully saturated rings. The Labute approximate surface area is 557 Å². The zero-order valence-electron chi connectivity index (χ0n) is 60.4. The number of hydrogen-bond donors (Lipinski definition) is 3. The standard InChI is InChI=1S/C83H159NO5/c1-3-5-7-9-11-13-15-17-19-21-23-24-25-34-37-40-43-47-51-55-59-63-67-71-75-81(86)80(79-85)84-82(87)76-72-68-64-60-56-52-48-44-41-38-35-32-30-28-26-27-29-31-33-36-39-42-46-50-54-58-62-66-70-74-78-89-83(88)77-73-69-65-61-57-53-49-45-22-20-18-16-14-12-10-8-6-4-2/h20,22,27,29,71,75,80-81,85-86H,3-19,21,23-26,28,30-70,72-74,76-79H2,1-2H3,(H,84,87)/b22-20-,29-27-,75-71+. The number of carbonyl (C=O) groups excluding carboxylic acids is 2. The van der Waals surface area contributed by atoms with Gasteiger partial charge in [-0.1, -0.05) is 397 Å². The third-order valence-corrected chi connectivity index (χ3v) is 19.1. The number of ether oxygens (including phenoxy) is 1. The Morgan fingerprint density at radius 1 is 0.303 bits per heavy atom. The summed E-state index contributed by atoms with van der Waals surface area (Å²) >= 11 is 0. The molecule has 0 radical (unpaired) electrons. The maximum Gasteiger partial charge on any atom is 0.305 e. The van der Waals surface area contributed by atoms with Crippen LogP contribution in [0.1, 0.15) is 457 Å². The third kappa shape index (κ3) is 75.0. The van der Waals surface area contributed by atoms with Crippen molar-refractivity contribution in [3.63, 3.8) is 0 Å². The molecule has 6 nitrogen and oxygen atoms in total. The van der Waals surface area contributed by atoms with E-state index in [0.717, 1.165) is 44.9 Å². The lowest BCUT2D eigenvalue weighted by molar-refractivity contribution is -0.143. The first-order chi connectivity index (χ1) is 44.0. The Morgan fingerprint density at radius 3 is 0.798 bits per heavy atom. The third-order valence-electron chi connectivity index (χ3n) is 19.1. The second-order valence-corrected chi connectivity index (χ2v) is 28.1. The van der Waals surface area contributed by atoms with Crippen LogP contribution in [-0.2, 0) is 14.3 Å². The molecular formula is C83H159NO5. The van der Waals surface area contributed by atoms with Crippen LogP contribution < -0.4 is 5.32 Å². The van der Waals surface area contributed by atoms with Gasteiger partial charge in [-0.05, 0) is 83.5 Å². The van der Waals surface area contributed by atoms with Gasteiger partial charge in [0.1, 0.15) is 0 Å². The van der Waals surface area contributed by atoms with Crippen molar-refractivity contribution in [1.29, 1.82) is 0 Å². The Hall–Kier alpha value is -1.92. The monoisotopic (exact) mass is 1250 g/mol. The molecule has 2 unspecified atom stereocenters. The van der Waals surface area contributed by atoms with Gasteiger partial charge in [-0.25, -0.2) is 0 Å². The molecular weight excluding hydrogens is 1090 g/mol. The van der Waals surface area contributed by atoms with Crippen molar-refractivity contribution in [2.24, 2.45) is 0 Å². The van der Waals surface area contributed by atoms with Gasteiger partial charge in [-0.2, -0.15) is 0 Å². The maximum absolute atomic E-state index is 12.6.